The van der Waals surface area contributed by atoms with Gasteiger partial charge < -0.3 is 5.32 Å². The fraction of sp³-hybridized carbons (Fsp3) is 1.00. The van der Waals surface area contributed by atoms with Crippen LogP contribution in [0.3, 0.4) is 0 Å². The first-order chi connectivity index (χ1) is 9.52. The molecule has 3 heteroatoms. The number of thioether (sulfide) groups is 1. The fourth-order valence-electron chi connectivity index (χ4n) is 3.79. The minimum Gasteiger partial charge on any atom is -0.316 e. The Labute approximate surface area is 130 Å². The number of hydrogen-bond donors (Lipinski definition) is 1. The lowest BCUT2D eigenvalue weighted by Gasteiger charge is -2.43. The maximum Gasteiger partial charge on any atom is 0.0184 e. The zero-order chi connectivity index (χ0) is 14.6. The molecule has 1 heterocycles. The van der Waals surface area contributed by atoms with Crippen LogP contribution in [-0.4, -0.2) is 48.1 Å². The fourth-order valence-corrected chi connectivity index (χ4v) is 4.95. The van der Waals surface area contributed by atoms with Crippen LogP contribution in [0.5, 0.6) is 0 Å². The lowest BCUT2D eigenvalue weighted by Crippen LogP contribution is -2.51. The van der Waals surface area contributed by atoms with Crippen LogP contribution in [-0.2, 0) is 0 Å². The molecule has 1 aliphatic heterocycles. The monoisotopic (exact) mass is 298 g/mol. The van der Waals surface area contributed by atoms with Gasteiger partial charge in [0.2, 0.25) is 0 Å². The van der Waals surface area contributed by atoms with Gasteiger partial charge in [-0.1, -0.05) is 33.6 Å². The van der Waals surface area contributed by atoms with E-state index in [2.05, 4.69) is 49.7 Å². The lowest BCUT2D eigenvalue weighted by atomic mass is 9.84. The van der Waals surface area contributed by atoms with Gasteiger partial charge in [-0.15, -0.1) is 0 Å². The second-order valence-electron chi connectivity index (χ2n) is 7.52. The second-order valence-corrected chi connectivity index (χ2v) is 9.00. The normalized spacial score (nSPS) is 31.1. The van der Waals surface area contributed by atoms with Gasteiger partial charge in [0.1, 0.15) is 0 Å². The largest absolute Gasteiger partial charge is 0.316 e. The molecule has 2 unspecified atom stereocenters. The highest BCUT2D eigenvalue weighted by Crippen LogP contribution is 2.40. The third-order valence-electron chi connectivity index (χ3n) is 5.27. The maximum atomic E-state index is 3.75. The van der Waals surface area contributed by atoms with Crippen LogP contribution in [0.1, 0.15) is 53.4 Å². The molecule has 0 aromatic rings. The summed E-state index contributed by atoms with van der Waals surface area (Å²) < 4.78 is 0. The minimum absolute atomic E-state index is 0.560. The molecule has 1 saturated carbocycles. The molecule has 1 saturated heterocycles. The summed E-state index contributed by atoms with van der Waals surface area (Å²) in [6.07, 6.45) is 5.75. The van der Waals surface area contributed by atoms with Crippen LogP contribution in [0.2, 0.25) is 0 Å². The van der Waals surface area contributed by atoms with Crippen molar-refractivity contribution in [1.82, 2.24) is 10.2 Å². The third-order valence-corrected chi connectivity index (χ3v) is 6.61. The van der Waals surface area contributed by atoms with Crippen LogP contribution in [0.15, 0.2) is 0 Å². The highest BCUT2D eigenvalue weighted by atomic mass is 32.2. The van der Waals surface area contributed by atoms with Crippen molar-refractivity contribution in [2.75, 3.05) is 31.9 Å². The molecule has 0 spiro atoms. The highest BCUT2D eigenvalue weighted by Gasteiger charge is 2.37. The minimum atomic E-state index is 0.560. The Balaban J connectivity index is 1.90. The summed E-state index contributed by atoms with van der Waals surface area (Å²) in [5.74, 6) is 2.08. The van der Waals surface area contributed by atoms with Crippen molar-refractivity contribution in [3.63, 3.8) is 0 Å². The van der Waals surface area contributed by atoms with Crippen molar-refractivity contribution in [3.8, 4) is 0 Å². The van der Waals surface area contributed by atoms with Gasteiger partial charge in [-0.25, -0.2) is 0 Å². The molecule has 2 rings (SSSR count). The Morgan fingerprint density at radius 2 is 1.95 bits per heavy atom. The summed E-state index contributed by atoms with van der Waals surface area (Å²) in [5, 5.41) is 4.55. The van der Waals surface area contributed by atoms with E-state index in [1.165, 1.54) is 57.6 Å². The molecule has 1 aliphatic carbocycles. The Morgan fingerprint density at radius 1 is 1.25 bits per heavy atom. The van der Waals surface area contributed by atoms with E-state index in [0.717, 1.165) is 17.2 Å². The van der Waals surface area contributed by atoms with Gasteiger partial charge in [-0.2, -0.15) is 11.8 Å². The first-order valence-corrected chi connectivity index (χ1v) is 9.64. The molecule has 2 fully saturated rings. The average molecular weight is 299 g/mol. The van der Waals surface area contributed by atoms with Crippen molar-refractivity contribution < 1.29 is 0 Å². The quantitative estimate of drug-likeness (QED) is 0.806. The highest BCUT2D eigenvalue weighted by molar-refractivity contribution is 8.00. The van der Waals surface area contributed by atoms with E-state index >= 15 is 0 Å². The standard InChI is InChI=1S/C17H34N2S/c1-14(2)11-18-12-17(7-5-6-8-17)13-19-9-10-20-16(4)15(19)3/h14-16,18H,5-13H2,1-4H3. The van der Waals surface area contributed by atoms with Gasteiger partial charge >= 0.3 is 0 Å². The van der Waals surface area contributed by atoms with E-state index in [1.54, 1.807) is 0 Å². The molecule has 2 nitrogen and oxygen atoms in total. The van der Waals surface area contributed by atoms with E-state index in [4.69, 9.17) is 0 Å². The second kappa shape index (κ2) is 7.51. The van der Waals surface area contributed by atoms with Gasteiger partial charge in [0.05, 0.1) is 0 Å². The summed E-state index contributed by atoms with van der Waals surface area (Å²) in [6.45, 7) is 14.5. The number of nitrogens with one attached hydrogen (secondary N) is 1. The first-order valence-electron chi connectivity index (χ1n) is 8.59. The summed E-state index contributed by atoms with van der Waals surface area (Å²) in [4.78, 5) is 2.78. The zero-order valence-corrected chi connectivity index (χ0v) is 14.8. The average Bonchev–Trinajstić information content (AvgIpc) is 2.83. The van der Waals surface area contributed by atoms with E-state index in [-0.39, 0.29) is 0 Å². The number of nitrogens with zero attached hydrogens (tertiary/aromatic N) is 1. The molecule has 0 aromatic carbocycles. The van der Waals surface area contributed by atoms with Gasteiger partial charge in [0.15, 0.2) is 0 Å². The van der Waals surface area contributed by atoms with Crippen LogP contribution < -0.4 is 5.32 Å². The molecule has 20 heavy (non-hydrogen) atoms. The molecule has 0 amide bonds. The summed E-state index contributed by atoms with van der Waals surface area (Å²) in [7, 11) is 0. The predicted molar refractivity (Wildman–Crippen MR) is 91.6 cm³/mol. The molecule has 2 aliphatic rings. The Kier molecular flexibility index (Phi) is 6.25. The van der Waals surface area contributed by atoms with Gasteiger partial charge in [0, 0.05) is 36.7 Å². The topological polar surface area (TPSA) is 15.3 Å². The van der Waals surface area contributed by atoms with Crippen molar-refractivity contribution >= 4 is 11.8 Å². The van der Waals surface area contributed by atoms with Gasteiger partial charge in [-0.3, -0.25) is 4.90 Å². The smallest absolute Gasteiger partial charge is 0.0184 e. The molecule has 2 atom stereocenters. The molecule has 0 bridgehead atoms. The maximum absolute atomic E-state index is 3.75. The Hall–Kier alpha value is 0.270. The van der Waals surface area contributed by atoms with E-state index in [0.29, 0.717) is 5.41 Å². The number of hydrogen-bond acceptors (Lipinski definition) is 3. The summed E-state index contributed by atoms with van der Waals surface area (Å²) in [5.41, 5.74) is 0.560. The molecule has 0 radical (unpaired) electrons. The van der Waals surface area contributed by atoms with E-state index in [9.17, 15) is 0 Å². The van der Waals surface area contributed by atoms with Crippen LogP contribution in [0, 0.1) is 11.3 Å². The lowest BCUT2D eigenvalue weighted by molar-refractivity contribution is 0.117. The van der Waals surface area contributed by atoms with Crippen LogP contribution >= 0.6 is 11.8 Å². The van der Waals surface area contributed by atoms with Crippen molar-refractivity contribution in [3.05, 3.63) is 0 Å². The molecule has 1 N–H and O–H groups in total. The van der Waals surface area contributed by atoms with Crippen molar-refractivity contribution in [1.29, 1.82) is 0 Å². The molecular formula is C17H34N2S. The Morgan fingerprint density at radius 3 is 2.60 bits per heavy atom. The van der Waals surface area contributed by atoms with E-state index < -0.39 is 0 Å². The molecule has 0 aromatic heterocycles. The Bertz CT molecular complexity index is 287. The van der Waals surface area contributed by atoms with Gasteiger partial charge in [-0.05, 0) is 37.6 Å². The van der Waals surface area contributed by atoms with Crippen molar-refractivity contribution in [2.24, 2.45) is 11.3 Å². The SMILES string of the molecule is CC(C)CNCC1(CN2CCSC(C)C2C)CCCC1. The summed E-state index contributed by atoms with van der Waals surface area (Å²) >= 11 is 2.15. The molecular weight excluding hydrogens is 264 g/mol. The van der Waals surface area contributed by atoms with E-state index in [1.807, 2.05) is 0 Å². The van der Waals surface area contributed by atoms with Crippen LogP contribution in [0.25, 0.3) is 0 Å². The first kappa shape index (κ1) is 16.6. The van der Waals surface area contributed by atoms with Crippen LogP contribution in [0.4, 0.5) is 0 Å². The predicted octanol–water partition coefficient (Wildman–Crippen LogP) is 3.62. The number of rotatable bonds is 6. The van der Waals surface area contributed by atoms with Crippen molar-refractivity contribution in [2.45, 2.75) is 64.7 Å². The summed E-state index contributed by atoms with van der Waals surface area (Å²) in [6, 6.07) is 0.747. The molecule has 118 valence electrons. The van der Waals surface area contributed by atoms with Gasteiger partial charge in [0.25, 0.3) is 0 Å². The zero-order valence-electron chi connectivity index (χ0n) is 14.0. The third kappa shape index (κ3) is 4.38.